The number of piperazine rings is 1. The van der Waals surface area contributed by atoms with Crippen LogP contribution in [0, 0.1) is 0 Å². The number of rotatable bonds is 4. The highest BCUT2D eigenvalue weighted by atomic mass is 16.5. The Morgan fingerprint density at radius 2 is 2.00 bits per heavy atom. The summed E-state index contributed by atoms with van der Waals surface area (Å²) in [5, 5.41) is 11.7. The molecule has 2 aliphatic rings. The predicted molar refractivity (Wildman–Crippen MR) is 84.5 cm³/mol. The van der Waals surface area contributed by atoms with Crippen LogP contribution in [-0.2, 0) is 16.1 Å². The molecule has 0 bridgehead atoms. The fourth-order valence-corrected chi connectivity index (χ4v) is 2.91. The molecule has 0 aliphatic carbocycles. The smallest absolute Gasteiger partial charge is 0.317 e. The first-order valence-corrected chi connectivity index (χ1v) is 7.78. The maximum atomic E-state index is 11.7. The second-order valence-electron chi connectivity index (χ2n) is 6.03. The lowest BCUT2D eigenvalue weighted by molar-refractivity contribution is -0.138. The summed E-state index contributed by atoms with van der Waals surface area (Å²) in [6, 6.07) is 5.84. The number of carboxylic acid groups (broad SMARTS) is 1. The molecule has 2 aliphatic heterocycles. The van der Waals surface area contributed by atoms with Crippen molar-refractivity contribution in [2.24, 2.45) is 0 Å². The number of benzene rings is 1. The molecule has 1 saturated heterocycles. The standard InChI is InChI=1S/C16H21N3O4/c1-11-16(22)17-13-8-12(2-3-14(13)23-11)9-18-4-6-19(7-5-18)10-15(20)21/h2-3,8,11H,4-7,9-10H2,1H3,(H,17,22)(H,20,21). The van der Waals surface area contributed by atoms with E-state index >= 15 is 0 Å². The molecule has 0 radical (unpaired) electrons. The van der Waals surface area contributed by atoms with Crippen molar-refractivity contribution in [2.45, 2.75) is 19.6 Å². The number of hydrogen-bond donors (Lipinski definition) is 2. The summed E-state index contributed by atoms with van der Waals surface area (Å²) in [5.74, 6) is -0.206. The number of hydrogen-bond acceptors (Lipinski definition) is 5. The fourth-order valence-electron chi connectivity index (χ4n) is 2.91. The van der Waals surface area contributed by atoms with Gasteiger partial charge in [0.25, 0.3) is 5.91 Å². The molecule has 1 amide bonds. The van der Waals surface area contributed by atoms with Crippen LogP contribution in [0.3, 0.4) is 0 Å². The van der Waals surface area contributed by atoms with Gasteiger partial charge in [-0.1, -0.05) is 6.07 Å². The van der Waals surface area contributed by atoms with Gasteiger partial charge in [-0.15, -0.1) is 0 Å². The summed E-state index contributed by atoms with van der Waals surface area (Å²) in [6.07, 6.45) is -0.462. The number of fused-ring (bicyclic) bond motifs is 1. The number of carbonyl (C=O) groups is 2. The average Bonchev–Trinajstić information content (AvgIpc) is 2.50. The molecule has 1 fully saturated rings. The predicted octanol–water partition coefficient (Wildman–Crippen LogP) is 0.608. The molecule has 7 nitrogen and oxygen atoms in total. The first kappa shape index (κ1) is 15.8. The summed E-state index contributed by atoms with van der Waals surface area (Å²) < 4.78 is 5.55. The second-order valence-corrected chi connectivity index (χ2v) is 6.03. The van der Waals surface area contributed by atoms with Crippen molar-refractivity contribution < 1.29 is 19.4 Å². The first-order chi connectivity index (χ1) is 11.0. The van der Waals surface area contributed by atoms with Crippen molar-refractivity contribution in [3.05, 3.63) is 23.8 Å². The molecule has 7 heteroatoms. The van der Waals surface area contributed by atoms with Crippen LogP contribution >= 0.6 is 0 Å². The molecule has 1 atom stereocenters. The lowest BCUT2D eigenvalue weighted by Gasteiger charge is -2.34. The number of amides is 1. The summed E-state index contributed by atoms with van der Waals surface area (Å²) in [4.78, 5) is 26.6. The second kappa shape index (κ2) is 6.55. The van der Waals surface area contributed by atoms with Crippen molar-refractivity contribution in [1.29, 1.82) is 0 Å². The Hall–Kier alpha value is -2.12. The maximum Gasteiger partial charge on any atom is 0.317 e. The summed E-state index contributed by atoms with van der Waals surface area (Å²) in [7, 11) is 0. The molecule has 0 saturated carbocycles. The summed E-state index contributed by atoms with van der Waals surface area (Å²) >= 11 is 0. The molecule has 1 aromatic carbocycles. The van der Waals surface area contributed by atoms with Crippen molar-refractivity contribution in [1.82, 2.24) is 9.80 Å². The van der Waals surface area contributed by atoms with E-state index in [2.05, 4.69) is 10.2 Å². The highest BCUT2D eigenvalue weighted by Gasteiger charge is 2.24. The number of carboxylic acids is 1. The Balaban J connectivity index is 1.58. The van der Waals surface area contributed by atoms with E-state index in [1.165, 1.54) is 0 Å². The lowest BCUT2D eigenvalue weighted by atomic mass is 10.1. The van der Waals surface area contributed by atoms with Crippen LogP contribution in [-0.4, -0.2) is 65.6 Å². The molecule has 23 heavy (non-hydrogen) atoms. The molecule has 2 heterocycles. The largest absolute Gasteiger partial charge is 0.480 e. The van der Waals surface area contributed by atoms with Gasteiger partial charge < -0.3 is 15.2 Å². The van der Waals surface area contributed by atoms with Gasteiger partial charge in [-0.2, -0.15) is 0 Å². The zero-order valence-corrected chi connectivity index (χ0v) is 13.1. The number of nitrogens with zero attached hydrogens (tertiary/aromatic N) is 2. The number of carbonyl (C=O) groups excluding carboxylic acids is 1. The van der Waals surface area contributed by atoms with E-state index < -0.39 is 12.1 Å². The van der Waals surface area contributed by atoms with Gasteiger partial charge in [0.05, 0.1) is 12.2 Å². The molecule has 0 spiro atoms. The minimum absolute atomic E-state index is 0.105. The zero-order valence-electron chi connectivity index (χ0n) is 13.1. The summed E-state index contributed by atoms with van der Waals surface area (Å²) in [5.41, 5.74) is 1.82. The minimum Gasteiger partial charge on any atom is -0.480 e. The highest BCUT2D eigenvalue weighted by molar-refractivity contribution is 5.97. The van der Waals surface area contributed by atoms with Gasteiger partial charge in [0.15, 0.2) is 6.10 Å². The molecule has 124 valence electrons. The maximum absolute atomic E-state index is 11.7. The van der Waals surface area contributed by atoms with Gasteiger partial charge >= 0.3 is 5.97 Å². The van der Waals surface area contributed by atoms with Gasteiger partial charge in [-0.3, -0.25) is 19.4 Å². The zero-order chi connectivity index (χ0) is 16.4. The van der Waals surface area contributed by atoms with Gasteiger partial charge in [0, 0.05) is 32.7 Å². The van der Waals surface area contributed by atoms with Gasteiger partial charge in [0.1, 0.15) is 5.75 Å². The topological polar surface area (TPSA) is 82.1 Å². The van der Waals surface area contributed by atoms with E-state index in [1.54, 1.807) is 6.92 Å². The average molecular weight is 319 g/mol. The quantitative estimate of drug-likeness (QED) is 0.846. The Morgan fingerprint density at radius 1 is 1.30 bits per heavy atom. The van der Waals surface area contributed by atoms with Gasteiger partial charge in [-0.05, 0) is 24.6 Å². The third-order valence-electron chi connectivity index (χ3n) is 4.20. The van der Waals surface area contributed by atoms with E-state index in [-0.39, 0.29) is 12.5 Å². The fraction of sp³-hybridized carbons (Fsp3) is 0.500. The van der Waals surface area contributed by atoms with Crippen molar-refractivity contribution in [3.63, 3.8) is 0 Å². The minimum atomic E-state index is -0.780. The molecular weight excluding hydrogens is 298 g/mol. The van der Waals surface area contributed by atoms with Crippen molar-refractivity contribution in [3.8, 4) is 5.75 Å². The molecule has 1 aromatic rings. The molecule has 1 unspecified atom stereocenters. The van der Waals surface area contributed by atoms with Gasteiger partial charge in [-0.25, -0.2) is 0 Å². The van der Waals surface area contributed by atoms with Crippen LogP contribution in [0.1, 0.15) is 12.5 Å². The van der Waals surface area contributed by atoms with Crippen molar-refractivity contribution in [2.75, 3.05) is 38.0 Å². The molecular formula is C16H21N3O4. The van der Waals surface area contributed by atoms with Crippen molar-refractivity contribution >= 4 is 17.6 Å². The van der Waals surface area contributed by atoms with Crippen LogP contribution in [0.25, 0.3) is 0 Å². The lowest BCUT2D eigenvalue weighted by Crippen LogP contribution is -2.47. The van der Waals surface area contributed by atoms with E-state index in [0.717, 1.165) is 44.0 Å². The third kappa shape index (κ3) is 3.80. The monoisotopic (exact) mass is 319 g/mol. The summed E-state index contributed by atoms with van der Waals surface area (Å²) in [6.45, 7) is 5.80. The van der Waals surface area contributed by atoms with E-state index in [0.29, 0.717) is 5.75 Å². The van der Waals surface area contributed by atoms with Crippen LogP contribution in [0.15, 0.2) is 18.2 Å². The van der Waals surface area contributed by atoms with Crippen LogP contribution in [0.4, 0.5) is 5.69 Å². The Labute approximate surface area is 134 Å². The van der Waals surface area contributed by atoms with Gasteiger partial charge in [0.2, 0.25) is 0 Å². The SMILES string of the molecule is CC1Oc2ccc(CN3CCN(CC(=O)O)CC3)cc2NC1=O. The Morgan fingerprint density at radius 3 is 2.70 bits per heavy atom. The highest BCUT2D eigenvalue weighted by Crippen LogP contribution is 2.30. The Kier molecular flexibility index (Phi) is 4.49. The Bertz CT molecular complexity index is 611. The number of aliphatic carboxylic acids is 1. The van der Waals surface area contributed by atoms with Crippen LogP contribution in [0.2, 0.25) is 0 Å². The molecule has 2 N–H and O–H groups in total. The third-order valence-corrected chi connectivity index (χ3v) is 4.20. The van der Waals surface area contributed by atoms with Crippen LogP contribution < -0.4 is 10.1 Å². The van der Waals surface area contributed by atoms with E-state index in [9.17, 15) is 9.59 Å². The number of nitrogens with one attached hydrogen (secondary N) is 1. The number of anilines is 1. The van der Waals surface area contributed by atoms with E-state index in [4.69, 9.17) is 9.84 Å². The number of ether oxygens (including phenoxy) is 1. The normalized spacial score (nSPS) is 22.1. The van der Waals surface area contributed by atoms with E-state index in [1.807, 2.05) is 23.1 Å². The van der Waals surface area contributed by atoms with Crippen LogP contribution in [0.5, 0.6) is 5.75 Å². The molecule has 0 aromatic heterocycles. The molecule has 3 rings (SSSR count). The first-order valence-electron chi connectivity index (χ1n) is 7.78.